The maximum Gasteiger partial charge on any atom is 0.309 e. The molecular weight excluding hydrogens is 389 g/mol. The summed E-state index contributed by atoms with van der Waals surface area (Å²) in [7, 11) is 0. The highest BCUT2D eigenvalue weighted by atomic mass is 35.5. The van der Waals surface area contributed by atoms with Crippen molar-refractivity contribution >= 4 is 23.2 Å². The van der Waals surface area contributed by atoms with Crippen LogP contribution < -0.4 is 0 Å². The highest BCUT2D eigenvalue weighted by Crippen LogP contribution is 2.22. The lowest BCUT2D eigenvalue weighted by Crippen LogP contribution is -2.50. The number of aryl methyl sites for hydroxylation is 1. The van der Waals surface area contributed by atoms with E-state index in [0.29, 0.717) is 37.7 Å². The fraction of sp³-hybridized carbons (Fsp3) is 0.444. The van der Waals surface area contributed by atoms with Gasteiger partial charge in [-0.1, -0.05) is 17.7 Å². The van der Waals surface area contributed by atoms with Crippen LogP contribution in [0.2, 0.25) is 5.02 Å². The minimum absolute atomic E-state index is 0.0966. The molecule has 10 heteroatoms. The highest BCUT2D eigenvalue weighted by Gasteiger charge is 2.28. The molecule has 0 aliphatic carbocycles. The lowest BCUT2D eigenvalue weighted by atomic mass is 10.2. The molecule has 2 heterocycles. The Hall–Kier alpha value is -2.52. The summed E-state index contributed by atoms with van der Waals surface area (Å²) in [5.74, 6) is -0.496. The first-order chi connectivity index (χ1) is 13.3. The van der Waals surface area contributed by atoms with Crippen molar-refractivity contribution in [2.24, 2.45) is 0 Å². The summed E-state index contributed by atoms with van der Waals surface area (Å²) < 4.78 is 14.5. The Labute approximate surface area is 166 Å². The van der Waals surface area contributed by atoms with Crippen LogP contribution in [0.25, 0.3) is 0 Å². The van der Waals surface area contributed by atoms with E-state index in [-0.39, 0.29) is 23.1 Å². The smallest absolute Gasteiger partial charge is 0.309 e. The summed E-state index contributed by atoms with van der Waals surface area (Å²) in [5.41, 5.74) is 1.03. The van der Waals surface area contributed by atoms with Gasteiger partial charge in [-0.05, 0) is 31.5 Å². The molecule has 2 aromatic rings. The Morgan fingerprint density at radius 2 is 2.04 bits per heavy atom. The van der Waals surface area contributed by atoms with E-state index in [1.54, 1.807) is 24.8 Å². The first kappa shape index (κ1) is 20.2. The molecule has 0 N–H and O–H groups in total. The number of nitrogens with zero attached hydrogens (tertiary/aromatic N) is 5. The number of halogens is 2. The summed E-state index contributed by atoms with van der Waals surface area (Å²) >= 11 is 6.09. The van der Waals surface area contributed by atoms with E-state index < -0.39 is 11.0 Å². The fourth-order valence-electron chi connectivity index (χ4n) is 3.24. The van der Waals surface area contributed by atoms with E-state index in [0.717, 1.165) is 5.56 Å². The van der Waals surface area contributed by atoms with Gasteiger partial charge in [0.2, 0.25) is 5.91 Å². The second-order valence-electron chi connectivity index (χ2n) is 6.85. The minimum Gasteiger partial charge on any atom is -0.338 e. The quantitative estimate of drug-likeness (QED) is 0.560. The van der Waals surface area contributed by atoms with Crippen LogP contribution in [0.5, 0.6) is 0 Å². The molecule has 0 spiro atoms. The van der Waals surface area contributed by atoms with E-state index >= 15 is 0 Å². The van der Waals surface area contributed by atoms with Gasteiger partial charge in [-0.3, -0.25) is 24.5 Å². The zero-order chi connectivity index (χ0) is 20.4. The van der Waals surface area contributed by atoms with Crippen molar-refractivity contribution in [1.82, 2.24) is 19.6 Å². The molecule has 1 atom stereocenters. The fourth-order valence-corrected chi connectivity index (χ4v) is 3.47. The third-order valence-electron chi connectivity index (χ3n) is 4.93. The Bertz CT molecular complexity index is 895. The van der Waals surface area contributed by atoms with Gasteiger partial charge in [-0.25, -0.2) is 4.39 Å². The van der Waals surface area contributed by atoms with Crippen LogP contribution in [0.3, 0.4) is 0 Å². The summed E-state index contributed by atoms with van der Waals surface area (Å²) in [5, 5.41) is 15.5. The predicted octanol–water partition coefficient (Wildman–Crippen LogP) is 2.80. The number of hydrogen-bond donors (Lipinski definition) is 0. The molecule has 1 aromatic carbocycles. The molecule has 1 aliphatic rings. The summed E-state index contributed by atoms with van der Waals surface area (Å²) in [4.78, 5) is 27.1. The second-order valence-corrected chi connectivity index (χ2v) is 7.26. The van der Waals surface area contributed by atoms with Crippen molar-refractivity contribution in [3.05, 3.63) is 56.6 Å². The number of carbonyl (C=O) groups excluding carboxylic acids is 1. The number of hydrogen-bond acceptors (Lipinski definition) is 5. The molecule has 1 aliphatic heterocycles. The van der Waals surface area contributed by atoms with Crippen LogP contribution in [0, 0.1) is 22.9 Å². The topological polar surface area (TPSA) is 84.5 Å². The number of rotatable bonds is 5. The van der Waals surface area contributed by atoms with E-state index in [4.69, 9.17) is 11.6 Å². The van der Waals surface area contributed by atoms with Crippen molar-refractivity contribution < 1.29 is 14.1 Å². The van der Waals surface area contributed by atoms with Crippen molar-refractivity contribution in [3.8, 4) is 0 Å². The van der Waals surface area contributed by atoms with Crippen LogP contribution >= 0.6 is 11.6 Å². The Morgan fingerprint density at radius 3 is 2.61 bits per heavy atom. The molecule has 1 aromatic heterocycles. The summed E-state index contributed by atoms with van der Waals surface area (Å²) in [6, 6.07) is 3.73. The lowest BCUT2D eigenvalue weighted by Gasteiger charge is -2.36. The van der Waals surface area contributed by atoms with Gasteiger partial charge in [0.1, 0.15) is 23.7 Å². The Kier molecular flexibility index (Phi) is 5.95. The Balaban J connectivity index is 1.58. The number of piperazine rings is 1. The van der Waals surface area contributed by atoms with Crippen LogP contribution in [-0.2, 0) is 11.3 Å². The third kappa shape index (κ3) is 4.31. The molecule has 8 nitrogen and oxygen atoms in total. The van der Waals surface area contributed by atoms with Gasteiger partial charge >= 0.3 is 5.69 Å². The van der Waals surface area contributed by atoms with Crippen molar-refractivity contribution in [2.75, 3.05) is 26.2 Å². The van der Waals surface area contributed by atoms with E-state index in [1.807, 2.05) is 0 Å². The molecule has 0 saturated carbocycles. The average molecular weight is 410 g/mol. The molecule has 28 heavy (non-hydrogen) atoms. The van der Waals surface area contributed by atoms with Crippen molar-refractivity contribution in [3.63, 3.8) is 0 Å². The Morgan fingerprint density at radius 1 is 1.36 bits per heavy atom. The van der Waals surface area contributed by atoms with E-state index in [9.17, 15) is 19.3 Å². The number of aromatic nitrogens is 2. The van der Waals surface area contributed by atoms with Gasteiger partial charge in [-0.2, -0.15) is 5.10 Å². The van der Waals surface area contributed by atoms with Gasteiger partial charge in [0.15, 0.2) is 0 Å². The molecule has 0 bridgehead atoms. The van der Waals surface area contributed by atoms with Crippen LogP contribution in [-0.4, -0.2) is 56.6 Å². The first-order valence-corrected chi connectivity index (χ1v) is 9.29. The lowest BCUT2D eigenvalue weighted by molar-refractivity contribution is -0.385. The summed E-state index contributed by atoms with van der Waals surface area (Å²) in [6.07, 6.45) is 1.30. The molecule has 1 saturated heterocycles. The minimum atomic E-state index is -0.620. The number of carbonyl (C=O) groups is 1. The molecule has 1 fully saturated rings. The monoisotopic (exact) mass is 409 g/mol. The largest absolute Gasteiger partial charge is 0.338 e. The first-order valence-electron chi connectivity index (χ1n) is 8.91. The van der Waals surface area contributed by atoms with Gasteiger partial charge in [0.05, 0.1) is 4.92 Å². The van der Waals surface area contributed by atoms with Crippen LogP contribution in [0.1, 0.15) is 24.2 Å². The SMILES string of the molecule is Cc1nn(C(C)C(=O)N2CCN(Cc3ccc(F)cc3Cl)CC2)cc1[N+](=O)[O-]. The highest BCUT2D eigenvalue weighted by molar-refractivity contribution is 6.31. The van der Waals surface area contributed by atoms with Crippen molar-refractivity contribution in [2.45, 2.75) is 26.4 Å². The summed E-state index contributed by atoms with van der Waals surface area (Å²) in [6.45, 7) is 6.19. The molecular formula is C18H21ClFN5O3. The standard InChI is InChI=1S/C18H21ClFN5O3/c1-12-17(25(27)28)11-24(21-12)13(2)18(26)23-7-5-22(6-8-23)10-14-3-4-15(20)9-16(14)19/h3-4,9,11,13H,5-8,10H2,1-2H3. The normalized spacial score (nSPS) is 16.2. The van der Waals surface area contributed by atoms with E-state index in [2.05, 4.69) is 10.00 Å². The van der Waals surface area contributed by atoms with Gasteiger partial charge in [0.25, 0.3) is 0 Å². The molecule has 1 amide bonds. The third-order valence-corrected chi connectivity index (χ3v) is 5.29. The average Bonchev–Trinajstić information content (AvgIpc) is 3.05. The van der Waals surface area contributed by atoms with Crippen LogP contribution in [0.4, 0.5) is 10.1 Å². The van der Waals surface area contributed by atoms with Gasteiger partial charge in [0, 0.05) is 37.7 Å². The zero-order valence-electron chi connectivity index (χ0n) is 15.6. The second kappa shape index (κ2) is 8.24. The van der Waals surface area contributed by atoms with E-state index in [1.165, 1.54) is 23.0 Å². The molecule has 3 rings (SSSR count). The van der Waals surface area contributed by atoms with Gasteiger partial charge < -0.3 is 4.90 Å². The number of amides is 1. The van der Waals surface area contributed by atoms with Gasteiger partial charge in [-0.15, -0.1) is 0 Å². The predicted molar refractivity (Wildman–Crippen MR) is 102 cm³/mol. The number of nitro groups is 1. The molecule has 0 radical (unpaired) electrons. The number of benzene rings is 1. The van der Waals surface area contributed by atoms with Crippen molar-refractivity contribution in [1.29, 1.82) is 0 Å². The zero-order valence-corrected chi connectivity index (χ0v) is 16.4. The van der Waals surface area contributed by atoms with Crippen LogP contribution in [0.15, 0.2) is 24.4 Å². The maximum absolute atomic E-state index is 13.2. The maximum atomic E-state index is 13.2. The molecule has 150 valence electrons. The molecule has 1 unspecified atom stereocenters.